The number of fused-ring (bicyclic) bond motifs is 1. The van der Waals surface area contributed by atoms with Crippen LogP contribution in [0, 0.1) is 0 Å². The molecule has 0 saturated carbocycles. The summed E-state index contributed by atoms with van der Waals surface area (Å²) in [5.74, 6) is 1.04. The van der Waals surface area contributed by atoms with Gasteiger partial charge in [0.25, 0.3) is 0 Å². The first-order valence-electron chi connectivity index (χ1n) is 9.85. The van der Waals surface area contributed by atoms with Gasteiger partial charge in [-0.25, -0.2) is 4.98 Å². The summed E-state index contributed by atoms with van der Waals surface area (Å²) in [4.78, 5) is 8.52. The number of para-hydroxylation sites is 2. The van der Waals surface area contributed by atoms with Crippen molar-refractivity contribution in [1.82, 2.24) is 9.97 Å². The van der Waals surface area contributed by atoms with Gasteiger partial charge in [0.05, 0.1) is 11.0 Å². The van der Waals surface area contributed by atoms with Gasteiger partial charge in [-0.05, 0) is 48.5 Å². The molecule has 5 aromatic rings. The number of hydrogen-bond acceptors (Lipinski definition) is 1. The van der Waals surface area contributed by atoms with Crippen LogP contribution in [0.15, 0.2) is 115 Å². The Morgan fingerprint density at radius 3 is 1.48 bits per heavy atom. The Balaban J connectivity index is 1.77. The number of rotatable bonds is 5. The summed E-state index contributed by atoms with van der Waals surface area (Å²) >= 11 is 0. The molecule has 1 aromatic heterocycles. The first-order chi connectivity index (χ1) is 14.4. The molecule has 5 rings (SSSR count). The van der Waals surface area contributed by atoms with Gasteiger partial charge in [-0.2, -0.15) is 0 Å². The van der Waals surface area contributed by atoms with Crippen molar-refractivity contribution >= 4 is 34.2 Å². The van der Waals surface area contributed by atoms with Crippen molar-refractivity contribution in [2.75, 3.05) is 0 Å². The fraction of sp³-hybridized carbons (Fsp3) is 0.0385. The summed E-state index contributed by atoms with van der Waals surface area (Å²) in [6, 6.07) is 41.1. The molecular weight excluding hydrogens is 371 g/mol. The summed E-state index contributed by atoms with van der Waals surface area (Å²) in [7, 11) is -1.92. The molecule has 0 saturated heterocycles. The minimum Gasteiger partial charge on any atom is -0.339 e. The summed E-state index contributed by atoms with van der Waals surface area (Å²) in [6.45, 7) is 0. The Bertz CT molecular complexity index is 1090. The molecular formula is C26H22N2P+. The van der Waals surface area contributed by atoms with Crippen LogP contribution in [0.1, 0.15) is 5.82 Å². The lowest BCUT2D eigenvalue weighted by atomic mass is 10.3. The molecule has 0 atom stereocenters. The topological polar surface area (TPSA) is 28.7 Å². The zero-order valence-electron chi connectivity index (χ0n) is 16.1. The van der Waals surface area contributed by atoms with Gasteiger partial charge >= 0.3 is 0 Å². The van der Waals surface area contributed by atoms with Crippen LogP contribution in [0.2, 0.25) is 0 Å². The van der Waals surface area contributed by atoms with E-state index in [0.29, 0.717) is 0 Å². The predicted molar refractivity (Wildman–Crippen MR) is 125 cm³/mol. The standard InChI is InChI=1S/C26H22N2P/c1-4-12-21(13-5-1)29(22-14-6-2-7-15-22,23-16-8-3-9-17-23)20-26-27-24-18-10-11-19-25(24)28-26/h1-19H,20H2,(H,27,28)/q+1. The van der Waals surface area contributed by atoms with Crippen LogP contribution in [0.25, 0.3) is 11.0 Å². The second-order valence-electron chi connectivity index (χ2n) is 7.18. The normalized spacial score (nSPS) is 11.6. The maximum absolute atomic E-state index is 4.95. The number of imidazole rings is 1. The van der Waals surface area contributed by atoms with E-state index in [2.05, 4.69) is 114 Å². The van der Waals surface area contributed by atoms with Crippen LogP contribution < -0.4 is 15.9 Å². The summed E-state index contributed by atoms with van der Waals surface area (Å²) in [5.41, 5.74) is 2.12. The highest BCUT2D eigenvalue weighted by Crippen LogP contribution is 2.57. The average Bonchev–Trinajstić information content (AvgIpc) is 3.22. The van der Waals surface area contributed by atoms with Crippen molar-refractivity contribution < 1.29 is 0 Å². The molecule has 3 heteroatoms. The monoisotopic (exact) mass is 393 g/mol. The van der Waals surface area contributed by atoms with Crippen LogP contribution in [-0.2, 0) is 6.16 Å². The van der Waals surface area contributed by atoms with Crippen LogP contribution >= 0.6 is 7.26 Å². The van der Waals surface area contributed by atoms with Gasteiger partial charge in [-0.1, -0.05) is 66.7 Å². The first kappa shape index (κ1) is 17.8. The molecule has 0 unspecified atom stereocenters. The van der Waals surface area contributed by atoms with E-state index in [0.717, 1.165) is 23.0 Å². The van der Waals surface area contributed by atoms with Crippen molar-refractivity contribution in [2.45, 2.75) is 6.16 Å². The quantitative estimate of drug-likeness (QED) is 0.416. The fourth-order valence-corrected chi connectivity index (χ4v) is 8.16. The minimum absolute atomic E-state index is 0.861. The van der Waals surface area contributed by atoms with E-state index in [9.17, 15) is 0 Å². The second kappa shape index (κ2) is 7.66. The van der Waals surface area contributed by atoms with E-state index in [1.807, 2.05) is 6.07 Å². The molecule has 0 amide bonds. The molecule has 4 aromatic carbocycles. The zero-order chi connectivity index (χ0) is 19.5. The Hall–Kier alpha value is -3.22. The lowest BCUT2D eigenvalue weighted by molar-refractivity contribution is 1.13. The van der Waals surface area contributed by atoms with E-state index in [4.69, 9.17) is 4.98 Å². The Kier molecular flexibility index (Phi) is 4.71. The Morgan fingerprint density at radius 1 is 0.552 bits per heavy atom. The summed E-state index contributed by atoms with van der Waals surface area (Å²) < 4.78 is 0. The van der Waals surface area contributed by atoms with Gasteiger partial charge < -0.3 is 4.98 Å². The van der Waals surface area contributed by atoms with Crippen LogP contribution in [0.5, 0.6) is 0 Å². The number of H-pyrrole nitrogens is 1. The molecule has 0 fully saturated rings. The maximum Gasteiger partial charge on any atom is 0.146 e. The third-order valence-corrected chi connectivity index (χ3v) is 9.73. The van der Waals surface area contributed by atoms with Gasteiger partial charge in [-0.3, -0.25) is 0 Å². The average molecular weight is 393 g/mol. The van der Waals surface area contributed by atoms with Crippen molar-refractivity contribution in [3.05, 3.63) is 121 Å². The summed E-state index contributed by atoms with van der Waals surface area (Å²) in [5, 5.41) is 4.12. The van der Waals surface area contributed by atoms with Crippen molar-refractivity contribution in [2.24, 2.45) is 0 Å². The molecule has 1 heterocycles. The number of nitrogens with one attached hydrogen (secondary N) is 1. The largest absolute Gasteiger partial charge is 0.339 e. The Labute approximate surface area is 171 Å². The van der Waals surface area contributed by atoms with Crippen molar-refractivity contribution in [3.8, 4) is 0 Å². The third kappa shape index (κ3) is 3.26. The first-order valence-corrected chi connectivity index (χ1v) is 11.8. The van der Waals surface area contributed by atoms with Crippen molar-refractivity contribution in [1.29, 1.82) is 0 Å². The maximum atomic E-state index is 4.95. The predicted octanol–water partition coefficient (Wildman–Crippen LogP) is 5.06. The highest BCUT2D eigenvalue weighted by atomic mass is 31.2. The van der Waals surface area contributed by atoms with Gasteiger partial charge in [-0.15, -0.1) is 0 Å². The number of benzene rings is 4. The van der Waals surface area contributed by atoms with Gasteiger partial charge in [0.1, 0.15) is 35.2 Å². The van der Waals surface area contributed by atoms with Gasteiger partial charge in [0.15, 0.2) is 0 Å². The van der Waals surface area contributed by atoms with Crippen LogP contribution in [0.4, 0.5) is 0 Å². The minimum atomic E-state index is -1.92. The van der Waals surface area contributed by atoms with E-state index in [1.165, 1.54) is 15.9 Å². The fourth-order valence-electron chi connectivity index (χ4n) is 4.07. The smallest absolute Gasteiger partial charge is 0.146 e. The highest BCUT2D eigenvalue weighted by molar-refractivity contribution is 7.95. The number of hydrogen-bond donors (Lipinski definition) is 1. The molecule has 140 valence electrons. The number of aromatic amines is 1. The molecule has 0 aliphatic rings. The van der Waals surface area contributed by atoms with Gasteiger partial charge in [0.2, 0.25) is 0 Å². The third-order valence-electron chi connectivity index (χ3n) is 5.42. The van der Waals surface area contributed by atoms with E-state index in [1.54, 1.807) is 0 Å². The molecule has 0 aliphatic carbocycles. The van der Waals surface area contributed by atoms with Crippen molar-refractivity contribution in [3.63, 3.8) is 0 Å². The van der Waals surface area contributed by atoms with E-state index in [-0.39, 0.29) is 0 Å². The summed E-state index contributed by atoms with van der Waals surface area (Å²) in [6.07, 6.45) is 0.861. The highest BCUT2D eigenvalue weighted by Gasteiger charge is 2.46. The van der Waals surface area contributed by atoms with Crippen LogP contribution in [0.3, 0.4) is 0 Å². The molecule has 1 N–H and O–H groups in total. The SMILES string of the molecule is c1ccc([P+](Cc2nc3ccccc3[nH]2)(c2ccccc2)c2ccccc2)cc1. The lowest BCUT2D eigenvalue weighted by Crippen LogP contribution is -2.32. The molecule has 2 nitrogen and oxygen atoms in total. The second-order valence-corrected chi connectivity index (χ2v) is 10.7. The van der Waals surface area contributed by atoms with Crippen LogP contribution in [-0.4, -0.2) is 9.97 Å². The lowest BCUT2D eigenvalue weighted by Gasteiger charge is -2.26. The molecule has 0 spiro atoms. The van der Waals surface area contributed by atoms with E-state index < -0.39 is 7.26 Å². The number of aromatic nitrogens is 2. The van der Waals surface area contributed by atoms with Gasteiger partial charge in [0, 0.05) is 0 Å². The molecule has 0 aliphatic heterocycles. The molecule has 29 heavy (non-hydrogen) atoms. The number of nitrogens with zero attached hydrogens (tertiary/aromatic N) is 1. The molecule has 0 bridgehead atoms. The zero-order valence-corrected chi connectivity index (χ0v) is 17.0. The molecule has 0 radical (unpaired) electrons. The Morgan fingerprint density at radius 2 is 1.00 bits per heavy atom. The van der Waals surface area contributed by atoms with E-state index >= 15 is 0 Å².